The summed E-state index contributed by atoms with van der Waals surface area (Å²) >= 11 is 0. The Morgan fingerprint density at radius 2 is 1.71 bits per heavy atom. The van der Waals surface area contributed by atoms with E-state index in [-0.39, 0.29) is 6.04 Å². The molecule has 0 aliphatic heterocycles. The van der Waals surface area contributed by atoms with Gasteiger partial charge >= 0.3 is 0 Å². The first kappa shape index (κ1) is 10.1. The number of para-hydroxylation sites is 2. The molecule has 0 bridgehead atoms. The molecule has 0 aliphatic carbocycles. The molecule has 1 atom stereocenters. The zero-order valence-electron chi connectivity index (χ0n) is 9.67. The fourth-order valence-corrected chi connectivity index (χ4v) is 2.10. The minimum absolute atomic E-state index is 0.253. The summed E-state index contributed by atoms with van der Waals surface area (Å²) < 4.78 is 2.09. The van der Waals surface area contributed by atoms with Crippen LogP contribution in [0, 0.1) is 6.33 Å². The summed E-state index contributed by atoms with van der Waals surface area (Å²) in [4.78, 5) is 4.30. The highest BCUT2D eigenvalue weighted by Crippen LogP contribution is 2.22. The molecule has 0 fully saturated rings. The van der Waals surface area contributed by atoms with Crippen molar-refractivity contribution in [3.63, 3.8) is 0 Å². The van der Waals surface area contributed by atoms with Crippen molar-refractivity contribution >= 4 is 11.0 Å². The molecule has 0 saturated heterocycles. The monoisotopic (exact) mass is 221 g/mol. The van der Waals surface area contributed by atoms with E-state index in [0.29, 0.717) is 0 Å². The second-order valence-electron chi connectivity index (χ2n) is 4.16. The quantitative estimate of drug-likeness (QED) is 0.648. The molecule has 3 aromatic rings. The highest BCUT2D eigenvalue weighted by molar-refractivity contribution is 5.75. The van der Waals surface area contributed by atoms with Crippen LogP contribution in [0.1, 0.15) is 18.5 Å². The largest absolute Gasteiger partial charge is 0.314 e. The third kappa shape index (κ3) is 1.72. The maximum atomic E-state index is 4.30. The van der Waals surface area contributed by atoms with Crippen LogP contribution in [0.25, 0.3) is 11.0 Å². The van der Waals surface area contributed by atoms with Crippen molar-refractivity contribution in [2.75, 3.05) is 0 Å². The van der Waals surface area contributed by atoms with Gasteiger partial charge in [0.2, 0.25) is 0 Å². The molecule has 0 saturated carbocycles. The summed E-state index contributed by atoms with van der Waals surface area (Å²) in [6, 6.07) is 18.8. The van der Waals surface area contributed by atoms with Gasteiger partial charge in [0.15, 0.2) is 6.33 Å². The Kier molecular flexibility index (Phi) is 2.41. The molecule has 1 heterocycles. The molecule has 1 radical (unpaired) electrons. The minimum Gasteiger partial charge on any atom is -0.314 e. The van der Waals surface area contributed by atoms with E-state index in [9.17, 15) is 0 Å². The van der Waals surface area contributed by atoms with Crippen LogP contribution in [0.2, 0.25) is 0 Å². The van der Waals surface area contributed by atoms with Gasteiger partial charge in [-0.2, -0.15) is 0 Å². The van der Waals surface area contributed by atoms with Gasteiger partial charge in [-0.1, -0.05) is 42.5 Å². The summed E-state index contributed by atoms with van der Waals surface area (Å²) in [5.41, 5.74) is 3.39. The zero-order chi connectivity index (χ0) is 11.7. The Morgan fingerprint density at radius 1 is 1.00 bits per heavy atom. The first-order valence-corrected chi connectivity index (χ1v) is 5.76. The lowest BCUT2D eigenvalue weighted by Crippen LogP contribution is -2.05. The lowest BCUT2D eigenvalue weighted by atomic mass is 10.1. The van der Waals surface area contributed by atoms with Crippen molar-refractivity contribution in [2.45, 2.75) is 13.0 Å². The van der Waals surface area contributed by atoms with Crippen LogP contribution < -0.4 is 0 Å². The molecule has 2 heteroatoms. The van der Waals surface area contributed by atoms with Crippen LogP contribution in [0.5, 0.6) is 0 Å². The Balaban J connectivity index is 2.10. The second-order valence-corrected chi connectivity index (χ2v) is 4.16. The highest BCUT2D eigenvalue weighted by Gasteiger charge is 2.10. The highest BCUT2D eigenvalue weighted by atomic mass is 15.1. The molecule has 1 unspecified atom stereocenters. The standard InChI is InChI=1S/C15H13N2/c1-12(13-7-3-2-4-8-13)17-11-16-14-9-5-6-10-15(14)17/h2-10,12H,1H3. The van der Waals surface area contributed by atoms with E-state index in [1.165, 1.54) is 5.56 Å². The molecule has 1 aromatic heterocycles. The van der Waals surface area contributed by atoms with Crippen molar-refractivity contribution in [2.24, 2.45) is 0 Å². The van der Waals surface area contributed by atoms with Gasteiger partial charge in [-0.3, -0.25) is 0 Å². The Morgan fingerprint density at radius 3 is 2.53 bits per heavy atom. The summed E-state index contributed by atoms with van der Waals surface area (Å²) in [6.07, 6.45) is 3.08. The number of hydrogen-bond donors (Lipinski definition) is 0. The summed E-state index contributed by atoms with van der Waals surface area (Å²) in [6.45, 7) is 2.17. The fourth-order valence-electron chi connectivity index (χ4n) is 2.10. The van der Waals surface area contributed by atoms with E-state index in [0.717, 1.165) is 11.0 Å². The predicted molar refractivity (Wildman–Crippen MR) is 68.8 cm³/mol. The molecule has 83 valence electrons. The van der Waals surface area contributed by atoms with Gasteiger partial charge in [0.1, 0.15) is 0 Å². The van der Waals surface area contributed by atoms with Crippen molar-refractivity contribution in [1.82, 2.24) is 9.55 Å². The van der Waals surface area contributed by atoms with E-state index < -0.39 is 0 Å². The van der Waals surface area contributed by atoms with Crippen molar-refractivity contribution in [3.8, 4) is 0 Å². The van der Waals surface area contributed by atoms with Crippen molar-refractivity contribution < 1.29 is 0 Å². The molecule has 0 aliphatic rings. The van der Waals surface area contributed by atoms with Crippen LogP contribution in [0.15, 0.2) is 54.6 Å². The third-order valence-corrected chi connectivity index (χ3v) is 3.09. The normalized spacial score (nSPS) is 12.8. The van der Waals surface area contributed by atoms with Crippen LogP contribution in [-0.4, -0.2) is 9.55 Å². The van der Waals surface area contributed by atoms with E-state index >= 15 is 0 Å². The van der Waals surface area contributed by atoms with Crippen LogP contribution in [0.3, 0.4) is 0 Å². The third-order valence-electron chi connectivity index (χ3n) is 3.09. The van der Waals surface area contributed by atoms with Gasteiger partial charge < -0.3 is 4.57 Å². The number of imidazole rings is 1. The minimum atomic E-state index is 0.253. The average molecular weight is 221 g/mol. The Bertz CT molecular complexity index is 625. The maximum absolute atomic E-state index is 4.30. The molecular weight excluding hydrogens is 208 g/mol. The number of aromatic nitrogens is 2. The van der Waals surface area contributed by atoms with Gasteiger partial charge in [-0.15, -0.1) is 0 Å². The summed E-state index contributed by atoms with van der Waals surface area (Å²) in [5.74, 6) is 0. The molecule has 0 spiro atoms. The van der Waals surface area contributed by atoms with Crippen LogP contribution in [0.4, 0.5) is 0 Å². The van der Waals surface area contributed by atoms with Crippen LogP contribution >= 0.6 is 0 Å². The van der Waals surface area contributed by atoms with E-state index in [1.54, 1.807) is 0 Å². The van der Waals surface area contributed by atoms with Crippen LogP contribution in [-0.2, 0) is 0 Å². The number of fused-ring (bicyclic) bond motifs is 1. The SMILES string of the molecule is CC(c1ccccc1)n1[c]nc2ccccc21. The Hall–Kier alpha value is -2.09. The van der Waals surface area contributed by atoms with Gasteiger partial charge in [0, 0.05) is 0 Å². The summed E-state index contributed by atoms with van der Waals surface area (Å²) in [5, 5.41) is 0. The molecule has 3 rings (SSSR count). The lowest BCUT2D eigenvalue weighted by Gasteiger charge is -2.14. The molecular formula is C15H13N2. The van der Waals surface area contributed by atoms with Crippen molar-refractivity contribution in [1.29, 1.82) is 0 Å². The Labute approximate surface area is 101 Å². The molecule has 2 nitrogen and oxygen atoms in total. The molecule has 0 amide bonds. The topological polar surface area (TPSA) is 17.8 Å². The first-order valence-electron chi connectivity index (χ1n) is 5.76. The maximum Gasteiger partial charge on any atom is 0.178 e. The van der Waals surface area contributed by atoms with E-state index in [2.05, 4.69) is 53.1 Å². The molecule has 0 N–H and O–H groups in total. The predicted octanol–water partition coefficient (Wildman–Crippen LogP) is 3.45. The number of rotatable bonds is 2. The van der Waals surface area contributed by atoms with Gasteiger partial charge in [0.25, 0.3) is 0 Å². The van der Waals surface area contributed by atoms with E-state index in [4.69, 9.17) is 0 Å². The second kappa shape index (κ2) is 4.06. The number of benzene rings is 2. The first-order chi connectivity index (χ1) is 8.36. The van der Waals surface area contributed by atoms with Gasteiger partial charge in [0.05, 0.1) is 17.1 Å². The van der Waals surface area contributed by atoms with Gasteiger partial charge in [-0.25, -0.2) is 4.98 Å². The average Bonchev–Trinajstić information content (AvgIpc) is 2.83. The molecule has 17 heavy (non-hydrogen) atoms. The fraction of sp³-hybridized carbons (Fsp3) is 0.133. The molecule has 2 aromatic carbocycles. The number of nitrogens with zero attached hydrogens (tertiary/aromatic N) is 2. The summed E-state index contributed by atoms with van der Waals surface area (Å²) in [7, 11) is 0. The lowest BCUT2D eigenvalue weighted by molar-refractivity contribution is 0.653. The zero-order valence-corrected chi connectivity index (χ0v) is 9.67. The van der Waals surface area contributed by atoms with Gasteiger partial charge in [-0.05, 0) is 24.6 Å². The number of hydrogen-bond acceptors (Lipinski definition) is 1. The smallest absolute Gasteiger partial charge is 0.178 e. The van der Waals surface area contributed by atoms with E-state index in [1.807, 2.05) is 24.3 Å². The van der Waals surface area contributed by atoms with Crippen molar-refractivity contribution in [3.05, 3.63) is 66.5 Å².